The smallest absolute Gasteiger partial charge is 0.320 e. The summed E-state index contributed by atoms with van der Waals surface area (Å²) in [5, 5.41) is 8.91. The van der Waals surface area contributed by atoms with Crippen molar-refractivity contribution in [1.29, 1.82) is 0 Å². The number of nitrogens with two attached hydrogens (primary N) is 1. The van der Waals surface area contributed by atoms with Crippen LogP contribution in [0.1, 0.15) is 27.7 Å². The molecule has 0 amide bonds. The summed E-state index contributed by atoms with van der Waals surface area (Å²) in [4.78, 5) is 10.7. The van der Waals surface area contributed by atoms with E-state index in [0.717, 1.165) is 0 Å². The highest BCUT2D eigenvalue weighted by Crippen LogP contribution is 2.36. The summed E-state index contributed by atoms with van der Waals surface area (Å²) >= 11 is 0. The highest BCUT2D eigenvalue weighted by atomic mass is 28.4. The fourth-order valence-electron chi connectivity index (χ4n) is 0.903. The van der Waals surface area contributed by atoms with Gasteiger partial charge >= 0.3 is 5.97 Å². The molecule has 0 fully saturated rings. The Kier molecular flexibility index (Phi) is 5.16. The van der Waals surface area contributed by atoms with Crippen molar-refractivity contribution >= 4 is 14.3 Å². The molecule has 3 N–H and O–H groups in total. The minimum atomic E-state index is -1.80. The van der Waals surface area contributed by atoms with Crippen molar-refractivity contribution in [3.05, 3.63) is 0 Å². The van der Waals surface area contributed by atoms with Crippen LogP contribution in [0.3, 0.4) is 0 Å². The number of carbonyl (C=O) groups is 1. The van der Waals surface area contributed by atoms with Gasteiger partial charge in [0.05, 0.1) is 0 Å². The van der Waals surface area contributed by atoms with E-state index >= 15 is 0 Å². The molecule has 0 saturated carbocycles. The summed E-state index contributed by atoms with van der Waals surface area (Å²) in [5.74, 6) is -1.13. The normalized spacial score (nSPS) is 16.9. The molecule has 0 saturated heterocycles. The standard InChI is InChI=1S/C11H25NO3Si/c1-8(9(12)10(13)14)7-15-16(5,6)11(2,3)4/h8-9H,7,12H2,1-6H3,(H,13,14)/t8-,9+/m0/s1. The number of hydrogen-bond acceptors (Lipinski definition) is 3. The van der Waals surface area contributed by atoms with Crippen molar-refractivity contribution in [1.82, 2.24) is 0 Å². The van der Waals surface area contributed by atoms with Gasteiger partial charge in [-0.1, -0.05) is 27.7 Å². The van der Waals surface area contributed by atoms with Gasteiger partial charge < -0.3 is 15.3 Å². The van der Waals surface area contributed by atoms with Crippen molar-refractivity contribution in [3.8, 4) is 0 Å². The van der Waals surface area contributed by atoms with Crippen molar-refractivity contribution in [2.24, 2.45) is 11.7 Å². The molecule has 0 radical (unpaired) electrons. The number of rotatable bonds is 5. The molecular formula is C11H25NO3Si. The van der Waals surface area contributed by atoms with Crippen LogP contribution in [0.15, 0.2) is 0 Å². The SMILES string of the molecule is C[C@@H](CO[Si](C)(C)C(C)(C)C)[C@@H](N)C(=O)O. The Morgan fingerprint density at radius 1 is 1.44 bits per heavy atom. The molecule has 0 heterocycles. The van der Waals surface area contributed by atoms with Gasteiger partial charge in [0.15, 0.2) is 8.32 Å². The Morgan fingerprint density at radius 3 is 2.19 bits per heavy atom. The minimum absolute atomic E-state index is 0.139. The molecule has 0 spiro atoms. The lowest BCUT2D eigenvalue weighted by molar-refractivity contribution is -0.140. The number of carboxylic acids is 1. The largest absolute Gasteiger partial charge is 0.480 e. The molecule has 0 bridgehead atoms. The molecule has 0 rings (SSSR count). The zero-order valence-corrected chi connectivity index (χ0v) is 12.2. The first-order valence-corrected chi connectivity index (χ1v) is 8.52. The Bertz CT molecular complexity index is 248. The van der Waals surface area contributed by atoms with Gasteiger partial charge in [0, 0.05) is 12.5 Å². The topological polar surface area (TPSA) is 72.5 Å². The first-order valence-electron chi connectivity index (χ1n) is 5.61. The lowest BCUT2D eigenvalue weighted by Crippen LogP contribution is -2.45. The van der Waals surface area contributed by atoms with Crippen LogP contribution in [-0.2, 0) is 9.22 Å². The van der Waals surface area contributed by atoms with Gasteiger partial charge in [-0.15, -0.1) is 0 Å². The molecule has 0 aromatic heterocycles. The second-order valence-corrected chi connectivity index (χ2v) is 10.7. The zero-order valence-electron chi connectivity index (χ0n) is 11.2. The third kappa shape index (κ3) is 4.23. The molecular weight excluding hydrogens is 222 g/mol. The molecule has 5 heteroatoms. The molecule has 0 aromatic carbocycles. The quantitative estimate of drug-likeness (QED) is 0.729. The molecule has 0 aliphatic heterocycles. The molecule has 0 aliphatic carbocycles. The Hall–Kier alpha value is -0.393. The van der Waals surface area contributed by atoms with Crippen LogP contribution in [0.4, 0.5) is 0 Å². The van der Waals surface area contributed by atoms with Crippen LogP contribution >= 0.6 is 0 Å². The molecule has 96 valence electrons. The van der Waals surface area contributed by atoms with E-state index in [1.54, 1.807) is 0 Å². The van der Waals surface area contributed by atoms with Gasteiger partial charge in [-0.05, 0) is 18.1 Å². The third-order valence-corrected chi connectivity index (χ3v) is 7.91. The zero-order chi connectivity index (χ0) is 13.1. The molecule has 16 heavy (non-hydrogen) atoms. The maximum Gasteiger partial charge on any atom is 0.320 e. The monoisotopic (exact) mass is 247 g/mol. The predicted molar refractivity (Wildman–Crippen MR) is 67.9 cm³/mol. The molecule has 2 atom stereocenters. The van der Waals surface area contributed by atoms with Crippen LogP contribution < -0.4 is 5.73 Å². The van der Waals surface area contributed by atoms with Gasteiger partial charge in [0.25, 0.3) is 0 Å². The van der Waals surface area contributed by atoms with E-state index in [1.165, 1.54) is 0 Å². The van der Waals surface area contributed by atoms with Crippen LogP contribution in [0.25, 0.3) is 0 Å². The van der Waals surface area contributed by atoms with Crippen LogP contribution in [0, 0.1) is 5.92 Å². The van der Waals surface area contributed by atoms with E-state index < -0.39 is 20.3 Å². The van der Waals surface area contributed by atoms with E-state index in [0.29, 0.717) is 6.61 Å². The number of carboxylic acid groups (broad SMARTS) is 1. The minimum Gasteiger partial charge on any atom is -0.480 e. The Morgan fingerprint density at radius 2 is 1.88 bits per heavy atom. The van der Waals surface area contributed by atoms with Crippen molar-refractivity contribution < 1.29 is 14.3 Å². The van der Waals surface area contributed by atoms with E-state index in [1.807, 2.05) is 6.92 Å². The van der Waals surface area contributed by atoms with Gasteiger partial charge in [-0.3, -0.25) is 4.79 Å². The average Bonchev–Trinajstić information content (AvgIpc) is 2.11. The molecule has 0 aromatic rings. The summed E-state index contributed by atoms with van der Waals surface area (Å²) < 4.78 is 5.92. The Balaban J connectivity index is 4.31. The second-order valence-electron chi connectivity index (χ2n) is 5.91. The fourth-order valence-corrected chi connectivity index (χ4v) is 2.02. The fraction of sp³-hybridized carbons (Fsp3) is 0.909. The third-order valence-electron chi connectivity index (χ3n) is 3.41. The van der Waals surface area contributed by atoms with Gasteiger partial charge in [-0.25, -0.2) is 0 Å². The summed E-state index contributed by atoms with van der Waals surface area (Å²) in [5.41, 5.74) is 5.53. The maximum atomic E-state index is 10.7. The van der Waals surface area contributed by atoms with E-state index in [2.05, 4.69) is 33.9 Å². The van der Waals surface area contributed by atoms with Crippen LogP contribution in [0.5, 0.6) is 0 Å². The highest BCUT2D eigenvalue weighted by Gasteiger charge is 2.37. The predicted octanol–water partition coefficient (Wildman–Crippen LogP) is 2.06. The number of aliphatic carboxylic acids is 1. The number of hydrogen-bond donors (Lipinski definition) is 2. The molecule has 0 aliphatic rings. The average molecular weight is 247 g/mol. The van der Waals surface area contributed by atoms with E-state index in [4.69, 9.17) is 15.3 Å². The van der Waals surface area contributed by atoms with E-state index in [9.17, 15) is 4.79 Å². The van der Waals surface area contributed by atoms with Crippen molar-refractivity contribution in [3.63, 3.8) is 0 Å². The Labute approximate surface area is 99.3 Å². The summed E-state index contributed by atoms with van der Waals surface area (Å²) in [7, 11) is -1.80. The van der Waals surface area contributed by atoms with Gasteiger partial charge in [0.1, 0.15) is 6.04 Å². The van der Waals surface area contributed by atoms with Crippen LogP contribution in [0.2, 0.25) is 18.1 Å². The summed E-state index contributed by atoms with van der Waals surface area (Å²) in [6.45, 7) is 13.0. The molecule has 0 unspecified atom stereocenters. The first-order chi connectivity index (χ1) is 6.99. The van der Waals surface area contributed by atoms with Gasteiger partial charge in [0.2, 0.25) is 0 Å². The lowest BCUT2D eigenvalue weighted by Gasteiger charge is -2.37. The lowest BCUT2D eigenvalue weighted by atomic mass is 10.1. The second kappa shape index (κ2) is 5.29. The molecule has 4 nitrogen and oxygen atoms in total. The summed E-state index contributed by atoms with van der Waals surface area (Å²) in [6, 6.07) is -0.843. The van der Waals surface area contributed by atoms with Crippen molar-refractivity contribution in [2.75, 3.05) is 6.61 Å². The summed E-state index contributed by atoms with van der Waals surface area (Å²) in [6.07, 6.45) is 0. The maximum absolute atomic E-state index is 10.7. The van der Waals surface area contributed by atoms with Crippen LogP contribution in [-0.4, -0.2) is 32.0 Å². The van der Waals surface area contributed by atoms with E-state index in [-0.39, 0.29) is 11.0 Å². The highest BCUT2D eigenvalue weighted by molar-refractivity contribution is 6.74. The van der Waals surface area contributed by atoms with Gasteiger partial charge in [-0.2, -0.15) is 0 Å². The first kappa shape index (κ1) is 15.6. The van der Waals surface area contributed by atoms with Crippen molar-refractivity contribution in [2.45, 2.75) is 51.9 Å².